The zero-order valence-electron chi connectivity index (χ0n) is 11.0. The van der Waals surface area contributed by atoms with E-state index >= 15 is 0 Å². The first kappa shape index (κ1) is 13.3. The summed E-state index contributed by atoms with van der Waals surface area (Å²) >= 11 is 0. The van der Waals surface area contributed by atoms with E-state index in [-0.39, 0.29) is 5.78 Å². The molecule has 0 spiro atoms. The summed E-state index contributed by atoms with van der Waals surface area (Å²) in [6, 6.07) is 16.5. The number of hydrogen-bond donors (Lipinski definition) is 0. The number of benzene rings is 2. The Hall–Kier alpha value is -2.13. The molecule has 3 heteroatoms. The standard InChI is InChI=1S/C16H16O3/c1-12-8-6-7-11-14(12)19-16(18-2)15(17)13-9-4-3-5-10-13/h3-11,16H,1-2H3. The zero-order valence-corrected chi connectivity index (χ0v) is 11.0. The van der Waals surface area contributed by atoms with Crippen molar-refractivity contribution in [3.8, 4) is 5.75 Å². The van der Waals surface area contributed by atoms with Gasteiger partial charge in [-0.3, -0.25) is 4.79 Å². The number of methoxy groups -OCH3 is 1. The van der Waals surface area contributed by atoms with Crippen molar-refractivity contribution >= 4 is 5.78 Å². The Kier molecular flexibility index (Phi) is 4.31. The van der Waals surface area contributed by atoms with Crippen molar-refractivity contribution < 1.29 is 14.3 Å². The maximum atomic E-state index is 12.2. The minimum Gasteiger partial charge on any atom is -0.457 e. The van der Waals surface area contributed by atoms with Crippen LogP contribution >= 0.6 is 0 Å². The van der Waals surface area contributed by atoms with E-state index in [0.29, 0.717) is 11.3 Å². The lowest BCUT2D eigenvalue weighted by Crippen LogP contribution is -2.29. The number of ketones is 1. The van der Waals surface area contributed by atoms with E-state index in [2.05, 4.69) is 0 Å². The first-order valence-electron chi connectivity index (χ1n) is 6.06. The third-order valence-corrected chi connectivity index (χ3v) is 2.81. The molecule has 19 heavy (non-hydrogen) atoms. The van der Waals surface area contributed by atoms with Gasteiger partial charge in [0.1, 0.15) is 5.75 Å². The van der Waals surface area contributed by atoms with Gasteiger partial charge in [-0.25, -0.2) is 0 Å². The van der Waals surface area contributed by atoms with Gasteiger partial charge in [-0.1, -0.05) is 48.5 Å². The minimum atomic E-state index is -0.927. The lowest BCUT2D eigenvalue weighted by molar-refractivity contribution is -0.0320. The molecule has 0 aliphatic heterocycles. The molecule has 2 aromatic carbocycles. The smallest absolute Gasteiger partial charge is 0.264 e. The molecule has 0 saturated heterocycles. The van der Waals surface area contributed by atoms with Crippen molar-refractivity contribution in [1.82, 2.24) is 0 Å². The van der Waals surface area contributed by atoms with Crippen molar-refractivity contribution in [1.29, 1.82) is 0 Å². The Labute approximate surface area is 112 Å². The van der Waals surface area contributed by atoms with Crippen LogP contribution in [0.2, 0.25) is 0 Å². The normalized spacial score (nSPS) is 11.9. The summed E-state index contributed by atoms with van der Waals surface area (Å²) in [6.45, 7) is 1.93. The lowest BCUT2D eigenvalue weighted by Gasteiger charge is -2.17. The fraction of sp³-hybridized carbons (Fsp3) is 0.188. The number of carbonyl (C=O) groups excluding carboxylic acids is 1. The van der Waals surface area contributed by atoms with Crippen molar-refractivity contribution in [2.24, 2.45) is 0 Å². The van der Waals surface area contributed by atoms with Gasteiger partial charge in [-0.2, -0.15) is 0 Å². The van der Waals surface area contributed by atoms with Crippen LogP contribution in [0.4, 0.5) is 0 Å². The summed E-state index contributed by atoms with van der Waals surface area (Å²) in [5.41, 5.74) is 1.54. The van der Waals surface area contributed by atoms with Gasteiger partial charge in [0.05, 0.1) is 0 Å². The second kappa shape index (κ2) is 6.16. The van der Waals surface area contributed by atoms with Crippen LogP contribution in [0.3, 0.4) is 0 Å². The molecule has 0 aliphatic rings. The second-order valence-electron chi connectivity index (χ2n) is 4.18. The molecule has 1 unspecified atom stereocenters. The predicted molar refractivity (Wildman–Crippen MR) is 73.4 cm³/mol. The highest BCUT2D eigenvalue weighted by molar-refractivity contribution is 5.98. The van der Waals surface area contributed by atoms with E-state index in [1.807, 2.05) is 49.4 Å². The number of Topliss-reactive ketones (excluding diaryl/α,β-unsaturated/α-hetero) is 1. The van der Waals surface area contributed by atoms with Crippen LogP contribution in [0.25, 0.3) is 0 Å². The van der Waals surface area contributed by atoms with E-state index in [1.165, 1.54) is 7.11 Å². The van der Waals surface area contributed by atoms with Crippen molar-refractivity contribution in [2.45, 2.75) is 13.2 Å². The molecule has 0 amide bonds. The summed E-state index contributed by atoms with van der Waals surface area (Å²) in [5, 5.41) is 0. The summed E-state index contributed by atoms with van der Waals surface area (Å²) in [6.07, 6.45) is -0.927. The van der Waals surface area contributed by atoms with E-state index in [0.717, 1.165) is 5.56 Å². The Balaban J connectivity index is 2.17. The Morgan fingerprint density at radius 1 is 1.00 bits per heavy atom. The molecule has 0 heterocycles. The fourth-order valence-corrected chi connectivity index (χ4v) is 1.75. The van der Waals surface area contributed by atoms with Crippen molar-refractivity contribution in [2.75, 3.05) is 7.11 Å². The van der Waals surface area contributed by atoms with Crippen LogP contribution < -0.4 is 4.74 Å². The Bertz CT molecular complexity index is 549. The molecule has 98 valence electrons. The number of carbonyl (C=O) groups is 1. The quantitative estimate of drug-likeness (QED) is 0.608. The van der Waals surface area contributed by atoms with E-state index < -0.39 is 6.29 Å². The average Bonchev–Trinajstić information content (AvgIpc) is 2.47. The maximum Gasteiger partial charge on any atom is 0.264 e. The van der Waals surface area contributed by atoms with Crippen LogP contribution in [0.5, 0.6) is 5.75 Å². The summed E-state index contributed by atoms with van der Waals surface area (Å²) < 4.78 is 10.8. The molecule has 3 nitrogen and oxygen atoms in total. The first-order chi connectivity index (χ1) is 9.22. The largest absolute Gasteiger partial charge is 0.457 e. The Morgan fingerprint density at radius 3 is 2.26 bits per heavy atom. The predicted octanol–water partition coefficient (Wildman–Crippen LogP) is 3.23. The van der Waals surface area contributed by atoms with Gasteiger partial charge in [-0.05, 0) is 18.6 Å². The van der Waals surface area contributed by atoms with Crippen LogP contribution in [-0.2, 0) is 4.74 Å². The van der Waals surface area contributed by atoms with Crippen LogP contribution in [0.15, 0.2) is 54.6 Å². The summed E-state index contributed by atoms with van der Waals surface area (Å²) in [4.78, 5) is 12.2. The van der Waals surface area contributed by atoms with Crippen molar-refractivity contribution in [3.05, 3.63) is 65.7 Å². The van der Waals surface area contributed by atoms with Crippen LogP contribution in [0.1, 0.15) is 15.9 Å². The molecule has 1 atom stereocenters. The van der Waals surface area contributed by atoms with Gasteiger partial charge in [0.2, 0.25) is 5.78 Å². The Morgan fingerprint density at radius 2 is 1.63 bits per heavy atom. The lowest BCUT2D eigenvalue weighted by atomic mass is 10.1. The van der Waals surface area contributed by atoms with Crippen LogP contribution in [-0.4, -0.2) is 19.2 Å². The topological polar surface area (TPSA) is 35.5 Å². The molecule has 0 N–H and O–H groups in total. The number of hydrogen-bond acceptors (Lipinski definition) is 3. The van der Waals surface area contributed by atoms with Gasteiger partial charge < -0.3 is 9.47 Å². The van der Waals surface area contributed by atoms with E-state index in [9.17, 15) is 4.79 Å². The highest BCUT2D eigenvalue weighted by Gasteiger charge is 2.21. The molecule has 0 saturated carbocycles. The molecule has 0 bridgehead atoms. The number of rotatable bonds is 5. The molecule has 2 rings (SSSR count). The fourth-order valence-electron chi connectivity index (χ4n) is 1.75. The molecular formula is C16H16O3. The van der Waals surface area contributed by atoms with Crippen molar-refractivity contribution in [3.63, 3.8) is 0 Å². The summed E-state index contributed by atoms with van der Waals surface area (Å²) in [7, 11) is 1.46. The molecule has 0 aliphatic carbocycles. The average molecular weight is 256 g/mol. The molecule has 0 radical (unpaired) electrons. The third-order valence-electron chi connectivity index (χ3n) is 2.81. The first-order valence-corrected chi connectivity index (χ1v) is 6.06. The summed E-state index contributed by atoms with van der Waals surface area (Å²) in [5.74, 6) is 0.463. The number of ether oxygens (including phenoxy) is 2. The highest BCUT2D eigenvalue weighted by Crippen LogP contribution is 2.19. The maximum absolute atomic E-state index is 12.2. The van der Waals surface area contributed by atoms with Gasteiger partial charge in [0, 0.05) is 12.7 Å². The zero-order chi connectivity index (χ0) is 13.7. The van der Waals surface area contributed by atoms with E-state index in [4.69, 9.17) is 9.47 Å². The van der Waals surface area contributed by atoms with Gasteiger partial charge in [-0.15, -0.1) is 0 Å². The van der Waals surface area contributed by atoms with Gasteiger partial charge >= 0.3 is 0 Å². The van der Waals surface area contributed by atoms with E-state index in [1.54, 1.807) is 12.1 Å². The monoisotopic (exact) mass is 256 g/mol. The van der Waals surface area contributed by atoms with Gasteiger partial charge in [0.15, 0.2) is 0 Å². The molecule has 2 aromatic rings. The van der Waals surface area contributed by atoms with Gasteiger partial charge in [0.25, 0.3) is 6.29 Å². The minimum absolute atomic E-state index is 0.189. The highest BCUT2D eigenvalue weighted by atomic mass is 16.7. The molecular weight excluding hydrogens is 240 g/mol. The number of aryl methyl sites for hydroxylation is 1. The second-order valence-corrected chi connectivity index (χ2v) is 4.18. The molecule has 0 aromatic heterocycles. The molecule has 0 fully saturated rings. The van der Waals surface area contributed by atoms with Crippen LogP contribution in [0, 0.1) is 6.92 Å². The number of para-hydroxylation sites is 1. The SMILES string of the molecule is COC(Oc1ccccc1C)C(=O)c1ccccc1. The third kappa shape index (κ3) is 3.20.